The van der Waals surface area contributed by atoms with Gasteiger partial charge in [-0.2, -0.15) is 0 Å². The molecule has 1 heterocycles. The molecule has 1 aliphatic rings. The zero-order valence-corrected chi connectivity index (χ0v) is 14.9. The van der Waals surface area contributed by atoms with Crippen molar-refractivity contribution < 1.29 is 24.6 Å². The lowest BCUT2D eigenvalue weighted by atomic mass is 9.85. The molecular formula is C16H29N3O5. The predicted molar refractivity (Wildman–Crippen MR) is 87.8 cm³/mol. The van der Waals surface area contributed by atoms with Gasteiger partial charge in [0, 0.05) is 6.54 Å². The Morgan fingerprint density at radius 3 is 2.29 bits per heavy atom. The summed E-state index contributed by atoms with van der Waals surface area (Å²) in [6, 6.07) is 0. The zero-order chi connectivity index (χ0) is 18.7. The topological polar surface area (TPSA) is 124 Å². The molecule has 2 atom stereocenters. The van der Waals surface area contributed by atoms with Crippen molar-refractivity contribution in [2.45, 2.75) is 52.3 Å². The van der Waals surface area contributed by atoms with Crippen molar-refractivity contribution in [2.24, 2.45) is 17.6 Å². The van der Waals surface area contributed by atoms with Crippen LogP contribution in [0.25, 0.3) is 0 Å². The Kier molecular flexibility index (Phi) is 6.74. The fourth-order valence-electron chi connectivity index (χ4n) is 3.58. The average Bonchev–Trinajstić information content (AvgIpc) is 2.69. The number of hydrogen-bond acceptors (Lipinski definition) is 5. The molecule has 138 valence electrons. The Morgan fingerprint density at radius 1 is 1.29 bits per heavy atom. The summed E-state index contributed by atoms with van der Waals surface area (Å²) in [5.41, 5.74) is 4.62. The van der Waals surface area contributed by atoms with E-state index in [2.05, 4.69) is 0 Å². The Hall–Kier alpha value is -1.67. The first kappa shape index (κ1) is 20.4. The second-order valence-electron chi connectivity index (χ2n) is 7.14. The molecule has 8 nitrogen and oxygen atoms in total. The number of carboxylic acid groups (broad SMARTS) is 1. The van der Waals surface area contributed by atoms with Gasteiger partial charge in [-0.1, -0.05) is 27.7 Å². The van der Waals surface area contributed by atoms with Gasteiger partial charge in [0.25, 0.3) is 0 Å². The largest absolute Gasteiger partial charge is 0.479 e. The molecule has 1 saturated heterocycles. The van der Waals surface area contributed by atoms with Gasteiger partial charge in [-0.05, 0) is 24.7 Å². The summed E-state index contributed by atoms with van der Waals surface area (Å²) in [5, 5.41) is 18.4. The zero-order valence-electron chi connectivity index (χ0n) is 14.9. The number of carbonyl (C=O) groups is 3. The fourth-order valence-corrected chi connectivity index (χ4v) is 3.58. The number of carboxylic acids is 1. The van der Waals surface area contributed by atoms with Crippen LogP contribution in [-0.2, 0) is 14.4 Å². The Bertz CT molecular complexity index is 494. The predicted octanol–water partition coefficient (Wildman–Crippen LogP) is -0.150. The lowest BCUT2D eigenvalue weighted by Crippen LogP contribution is -2.60. The van der Waals surface area contributed by atoms with E-state index in [1.807, 2.05) is 32.6 Å². The third-order valence-corrected chi connectivity index (χ3v) is 4.55. The SMILES string of the molecule is CC(C)CC1(C(C)C)N(CCC(O)C(=O)O)CC(=O)N1CC(N)=O. The number of rotatable bonds is 9. The molecule has 0 aromatic rings. The number of hydrogen-bond donors (Lipinski definition) is 3. The van der Waals surface area contributed by atoms with Crippen LogP contribution in [0, 0.1) is 11.8 Å². The molecule has 1 fully saturated rings. The van der Waals surface area contributed by atoms with Crippen molar-refractivity contribution in [1.82, 2.24) is 9.80 Å². The summed E-state index contributed by atoms with van der Waals surface area (Å²) >= 11 is 0. The molecule has 0 bridgehead atoms. The van der Waals surface area contributed by atoms with Crippen LogP contribution in [0.2, 0.25) is 0 Å². The summed E-state index contributed by atoms with van der Waals surface area (Å²) < 4.78 is 0. The number of aliphatic hydroxyl groups excluding tert-OH is 1. The number of aliphatic hydroxyl groups is 1. The molecule has 0 radical (unpaired) electrons. The normalized spacial score (nSPS) is 23.3. The van der Waals surface area contributed by atoms with Crippen LogP contribution >= 0.6 is 0 Å². The summed E-state index contributed by atoms with van der Waals surface area (Å²) in [5.74, 6) is -1.81. The number of aliphatic carboxylic acids is 1. The quantitative estimate of drug-likeness (QED) is 0.535. The van der Waals surface area contributed by atoms with E-state index in [4.69, 9.17) is 10.8 Å². The van der Waals surface area contributed by atoms with Gasteiger partial charge in [-0.15, -0.1) is 0 Å². The lowest BCUT2D eigenvalue weighted by Gasteiger charge is -2.48. The number of nitrogens with two attached hydrogens (primary N) is 1. The van der Waals surface area contributed by atoms with E-state index in [1.54, 1.807) is 0 Å². The van der Waals surface area contributed by atoms with Crippen LogP contribution in [0.5, 0.6) is 0 Å². The summed E-state index contributed by atoms with van der Waals surface area (Å²) in [6.45, 7) is 8.16. The second-order valence-corrected chi connectivity index (χ2v) is 7.14. The highest BCUT2D eigenvalue weighted by Gasteiger charge is 2.53. The first-order valence-electron chi connectivity index (χ1n) is 8.27. The molecule has 4 N–H and O–H groups in total. The monoisotopic (exact) mass is 343 g/mol. The maximum Gasteiger partial charge on any atom is 0.332 e. The van der Waals surface area contributed by atoms with Crippen molar-refractivity contribution in [2.75, 3.05) is 19.6 Å². The van der Waals surface area contributed by atoms with Gasteiger partial charge >= 0.3 is 5.97 Å². The minimum Gasteiger partial charge on any atom is -0.479 e. The maximum absolute atomic E-state index is 12.5. The first-order valence-corrected chi connectivity index (χ1v) is 8.27. The van der Waals surface area contributed by atoms with E-state index in [1.165, 1.54) is 4.90 Å². The van der Waals surface area contributed by atoms with Crippen LogP contribution in [0.15, 0.2) is 0 Å². The standard InChI is InChI=1S/C16H29N3O5/c1-10(2)7-16(11(3)4)18(6-5-12(20)15(23)24)9-14(22)19(16)8-13(17)21/h10-12,20H,5-9H2,1-4H3,(H2,17,21)(H,23,24). The van der Waals surface area contributed by atoms with Crippen molar-refractivity contribution in [3.8, 4) is 0 Å². The van der Waals surface area contributed by atoms with Crippen LogP contribution < -0.4 is 5.73 Å². The van der Waals surface area contributed by atoms with Gasteiger partial charge in [-0.25, -0.2) is 4.79 Å². The molecule has 0 aromatic heterocycles. The van der Waals surface area contributed by atoms with E-state index < -0.39 is 23.6 Å². The molecule has 1 aliphatic heterocycles. The van der Waals surface area contributed by atoms with E-state index in [0.29, 0.717) is 6.42 Å². The summed E-state index contributed by atoms with van der Waals surface area (Å²) in [4.78, 5) is 38.2. The Balaban J connectivity index is 3.16. The molecule has 0 aliphatic carbocycles. The third-order valence-electron chi connectivity index (χ3n) is 4.55. The van der Waals surface area contributed by atoms with Gasteiger partial charge in [0.05, 0.1) is 12.2 Å². The molecule has 8 heteroatoms. The van der Waals surface area contributed by atoms with Crippen molar-refractivity contribution >= 4 is 17.8 Å². The molecule has 2 unspecified atom stereocenters. The van der Waals surface area contributed by atoms with Crippen molar-refractivity contribution in [1.29, 1.82) is 0 Å². The number of nitrogens with zero attached hydrogens (tertiary/aromatic N) is 2. The second kappa shape index (κ2) is 7.94. The van der Waals surface area contributed by atoms with E-state index in [-0.39, 0.29) is 43.8 Å². The Labute approximate surface area is 142 Å². The summed E-state index contributed by atoms with van der Waals surface area (Å²) in [7, 11) is 0. The Morgan fingerprint density at radius 2 is 1.88 bits per heavy atom. The molecule has 0 saturated carbocycles. The smallest absolute Gasteiger partial charge is 0.332 e. The number of amides is 2. The van der Waals surface area contributed by atoms with Crippen molar-refractivity contribution in [3.05, 3.63) is 0 Å². The van der Waals surface area contributed by atoms with Crippen LogP contribution in [0.1, 0.15) is 40.5 Å². The van der Waals surface area contributed by atoms with E-state index in [0.717, 1.165) is 0 Å². The molecule has 0 aromatic carbocycles. The van der Waals surface area contributed by atoms with Gasteiger partial charge in [0.2, 0.25) is 11.8 Å². The lowest BCUT2D eigenvalue weighted by molar-refractivity contribution is -0.148. The minimum atomic E-state index is -1.48. The van der Waals surface area contributed by atoms with Gasteiger partial charge in [-0.3, -0.25) is 14.5 Å². The third kappa shape index (κ3) is 4.24. The van der Waals surface area contributed by atoms with E-state index >= 15 is 0 Å². The maximum atomic E-state index is 12.5. The fraction of sp³-hybridized carbons (Fsp3) is 0.812. The molecular weight excluding hydrogens is 314 g/mol. The highest BCUT2D eigenvalue weighted by Crippen LogP contribution is 2.39. The molecule has 2 amide bonds. The van der Waals surface area contributed by atoms with Crippen LogP contribution in [0.4, 0.5) is 0 Å². The highest BCUT2D eigenvalue weighted by molar-refractivity contribution is 5.87. The van der Waals surface area contributed by atoms with Gasteiger partial charge < -0.3 is 20.8 Å². The molecule has 24 heavy (non-hydrogen) atoms. The average molecular weight is 343 g/mol. The van der Waals surface area contributed by atoms with E-state index in [9.17, 15) is 19.5 Å². The van der Waals surface area contributed by atoms with Gasteiger partial charge in [0.1, 0.15) is 6.54 Å². The number of primary amides is 1. The minimum absolute atomic E-state index is 0.00710. The van der Waals surface area contributed by atoms with Crippen LogP contribution in [-0.4, -0.2) is 69.2 Å². The molecule has 1 rings (SSSR count). The summed E-state index contributed by atoms with van der Waals surface area (Å²) in [6.07, 6.45) is -0.832. The van der Waals surface area contributed by atoms with Crippen molar-refractivity contribution in [3.63, 3.8) is 0 Å². The highest BCUT2D eigenvalue weighted by atomic mass is 16.4. The first-order chi connectivity index (χ1) is 11.0. The van der Waals surface area contributed by atoms with Gasteiger partial charge in [0.15, 0.2) is 6.10 Å². The number of carbonyl (C=O) groups excluding carboxylic acids is 2. The van der Waals surface area contributed by atoms with Crippen LogP contribution in [0.3, 0.4) is 0 Å². The molecule has 0 spiro atoms.